The smallest absolute Gasteiger partial charge is 0.269 e. The predicted octanol–water partition coefficient (Wildman–Crippen LogP) is 4.18. The minimum Gasteiger partial charge on any atom is -0.488 e. The molecule has 146 valence electrons. The summed E-state index contributed by atoms with van der Waals surface area (Å²) < 4.78 is 17.1. The van der Waals surface area contributed by atoms with E-state index in [1.165, 1.54) is 24.3 Å². The monoisotopic (exact) mass is 391 g/mol. The van der Waals surface area contributed by atoms with Gasteiger partial charge in [-0.3, -0.25) is 14.9 Å². The molecule has 1 aliphatic heterocycles. The molecule has 0 radical (unpaired) electrons. The second kappa shape index (κ2) is 8.02. The third-order valence-electron chi connectivity index (χ3n) is 4.47. The molecular weight excluding hydrogens is 374 g/mol. The predicted molar refractivity (Wildman–Crippen MR) is 105 cm³/mol. The van der Waals surface area contributed by atoms with E-state index < -0.39 is 4.92 Å². The molecule has 1 heterocycles. The van der Waals surface area contributed by atoms with Gasteiger partial charge in [-0.25, -0.2) is 0 Å². The van der Waals surface area contributed by atoms with Crippen molar-refractivity contribution in [3.63, 3.8) is 0 Å². The molecule has 0 amide bonds. The number of ketones is 1. The van der Waals surface area contributed by atoms with Crippen LogP contribution in [0, 0.1) is 10.1 Å². The van der Waals surface area contributed by atoms with Gasteiger partial charge >= 0.3 is 0 Å². The van der Waals surface area contributed by atoms with E-state index in [0.717, 1.165) is 5.56 Å². The van der Waals surface area contributed by atoms with E-state index in [0.29, 0.717) is 41.6 Å². The topological polar surface area (TPSA) is 87.9 Å². The Kier molecular flexibility index (Phi) is 5.11. The standard InChI is InChI=1S/C22H17NO6/c24-22(16-6-8-17(9-7-16)23(25)26)18-12-20-21(28-11-10-27-20)13-19(18)29-14-15-4-2-1-3-5-15/h1-9,12-13H,10-11,14H2. The van der Waals surface area contributed by atoms with Gasteiger partial charge in [-0.2, -0.15) is 0 Å². The van der Waals surface area contributed by atoms with Gasteiger partial charge in [0.2, 0.25) is 0 Å². The maximum Gasteiger partial charge on any atom is 0.269 e. The summed E-state index contributed by atoms with van der Waals surface area (Å²) in [6, 6.07) is 18.3. The molecule has 0 N–H and O–H groups in total. The largest absolute Gasteiger partial charge is 0.488 e. The van der Waals surface area contributed by atoms with Gasteiger partial charge in [-0.15, -0.1) is 0 Å². The van der Waals surface area contributed by atoms with Crippen molar-refractivity contribution in [2.45, 2.75) is 6.61 Å². The highest BCUT2D eigenvalue weighted by atomic mass is 16.6. The lowest BCUT2D eigenvalue weighted by atomic mass is 10.0. The summed E-state index contributed by atoms with van der Waals surface area (Å²) in [7, 11) is 0. The highest BCUT2D eigenvalue weighted by Crippen LogP contribution is 2.38. The molecule has 0 atom stereocenters. The molecular formula is C22H17NO6. The van der Waals surface area contributed by atoms with Crippen molar-refractivity contribution in [1.82, 2.24) is 0 Å². The fourth-order valence-corrected chi connectivity index (χ4v) is 2.99. The van der Waals surface area contributed by atoms with Crippen molar-refractivity contribution < 1.29 is 23.9 Å². The fraction of sp³-hybridized carbons (Fsp3) is 0.136. The molecule has 0 aromatic heterocycles. The summed E-state index contributed by atoms with van der Waals surface area (Å²) >= 11 is 0. The first-order valence-corrected chi connectivity index (χ1v) is 9.01. The molecule has 7 nitrogen and oxygen atoms in total. The zero-order valence-electron chi connectivity index (χ0n) is 15.4. The second-order valence-electron chi connectivity index (χ2n) is 6.40. The van der Waals surface area contributed by atoms with Crippen molar-refractivity contribution in [3.05, 3.63) is 93.5 Å². The molecule has 0 fully saturated rings. The van der Waals surface area contributed by atoms with Crippen molar-refractivity contribution in [2.75, 3.05) is 13.2 Å². The molecule has 7 heteroatoms. The van der Waals surface area contributed by atoms with Crippen molar-refractivity contribution in [2.24, 2.45) is 0 Å². The highest BCUT2D eigenvalue weighted by molar-refractivity contribution is 6.11. The summed E-state index contributed by atoms with van der Waals surface area (Å²) in [6.07, 6.45) is 0. The van der Waals surface area contributed by atoms with Crippen LogP contribution in [0.4, 0.5) is 5.69 Å². The second-order valence-corrected chi connectivity index (χ2v) is 6.40. The summed E-state index contributed by atoms with van der Waals surface area (Å²) in [5.74, 6) is 1.02. The average molecular weight is 391 g/mol. The van der Waals surface area contributed by atoms with Gasteiger partial charge in [0.15, 0.2) is 17.3 Å². The molecule has 0 bridgehead atoms. The number of benzene rings is 3. The summed E-state index contributed by atoms with van der Waals surface area (Å²) in [6.45, 7) is 1.09. The van der Waals surface area contributed by atoms with Crippen LogP contribution in [-0.4, -0.2) is 23.9 Å². The van der Waals surface area contributed by atoms with Gasteiger partial charge < -0.3 is 14.2 Å². The SMILES string of the molecule is O=C(c1ccc([N+](=O)[O-])cc1)c1cc2c(cc1OCc1ccccc1)OCCO2. The minimum atomic E-state index is -0.507. The quantitative estimate of drug-likeness (QED) is 0.356. The Morgan fingerprint density at radius 2 is 1.62 bits per heavy atom. The Labute approximate surface area is 166 Å². The number of fused-ring (bicyclic) bond motifs is 1. The number of nitro benzene ring substituents is 1. The Bertz CT molecular complexity index is 1050. The number of nitrogens with zero attached hydrogens (tertiary/aromatic N) is 1. The maximum absolute atomic E-state index is 13.1. The van der Waals surface area contributed by atoms with Crippen molar-refractivity contribution in [1.29, 1.82) is 0 Å². The van der Waals surface area contributed by atoms with Crippen LogP contribution in [0.1, 0.15) is 21.5 Å². The summed E-state index contributed by atoms with van der Waals surface area (Å²) in [5, 5.41) is 10.9. The van der Waals surface area contributed by atoms with E-state index in [2.05, 4.69) is 0 Å². The van der Waals surface area contributed by atoms with Crippen LogP contribution in [0.3, 0.4) is 0 Å². The number of ether oxygens (including phenoxy) is 3. The maximum atomic E-state index is 13.1. The third-order valence-corrected chi connectivity index (χ3v) is 4.47. The van der Waals surface area contributed by atoms with E-state index in [1.54, 1.807) is 12.1 Å². The average Bonchev–Trinajstić information content (AvgIpc) is 2.77. The molecule has 3 aromatic carbocycles. The van der Waals surface area contributed by atoms with E-state index >= 15 is 0 Å². The number of hydrogen-bond acceptors (Lipinski definition) is 6. The first kappa shape index (κ1) is 18.5. The molecule has 0 spiro atoms. The van der Waals surface area contributed by atoms with Gasteiger partial charge in [0.05, 0.1) is 10.5 Å². The first-order valence-electron chi connectivity index (χ1n) is 9.01. The number of hydrogen-bond donors (Lipinski definition) is 0. The number of nitro groups is 1. The lowest BCUT2D eigenvalue weighted by Crippen LogP contribution is -2.16. The third kappa shape index (κ3) is 4.03. The molecule has 1 aliphatic rings. The summed E-state index contributed by atoms with van der Waals surface area (Å²) in [5.41, 5.74) is 1.50. The molecule has 29 heavy (non-hydrogen) atoms. The van der Waals surface area contributed by atoms with Gasteiger partial charge in [0, 0.05) is 23.8 Å². The van der Waals surface area contributed by atoms with Crippen molar-refractivity contribution in [3.8, 4) is 17.2 Å². The van der Waals surface area contributed by atoms with E-state index in [9.17, 15) is 14.9 Å². The van der Waals surface area contributed by atoms with Crippen LogP contribution in [0.15, 0.2) is 66.7 Å². The molecule has 4 rings (SSSR count). The van der Waals surface area contributed by atoms with Crippen LogP contribution in [0.2, 0.25) is 0 Å². The summed E-state index contributed by atoms with van der Waals surface area (Å²) in [4.78, 5) is 23.4. The molecule has 0 saturated heterocycles. The number of non-ortho nitro benzene ring substituents is 1. The van der Waals surface area contributed by atoms with Gasteiger partial charge in [0.25, 0.3) is 5.69 Å². The van der Waals surface area contributed by atoms with E-state index in [4.69, 9.17) is 14.2 Å². The lowest BCUT2D eigenvalue weighted by Gasteiger charge is -2.21. The highest BCUT2D eigenvalue weighted by Gasteiger charge is 2.22. The minimum absolute atomic E-state index is 0.0794. The zero-order chi connectivity index (χ0) is 20.2. The normalized spacial score (nSPS) is 12.3. The zero-order valence-corrected chi connectivity index (χ0v) is 15.4. The molecule has 3 aromatic rings. The van der Waals surface area contributed by atoms with Crippen LogP contribution in [0.25, 0.3) is 0 Å². The lowest BCUT2D eigenvalue weighted by molar-refractivity contribution is -0.384. The Morgan fingerprint density at radius 3 is 2.28 bits per heavy atom. The first-order chi connectivity index (χ1) is 14.1. The van der Waals surface area contributed by atoms with Gasteiger partial charge in [-0.05, 0) is 23.8 Å². The number of carbonyl (C=O) groups excluding carboxylic acids is 1. The molecule has 0 aliphatic carbocycles. The van der Waals surface area contributed by atoms with Gasteiger partial charge in [0.1, 0.15) is 25.6 Å². The number of rotatable bonds is 6. The van der Waals surface area contributed by atoms with Crippen LogP contribution >= 0.6 is 0 Å². The van der Waals surface area contributed by atoms with Crippen LogP contribution < -0.4 is 14.2 Å². The Morgan fingerprint density at radius 1 is 0.966 bits per heavy atom. The fourth-order valence-electron chi connectivity index (χ4n) is 2.99. The van der Waals surface area contributed by atoms with E-state index in [-0.39, 0.29) is 18.1 Å². The molecule has 0 saturated carbocycles. The van der Waals surface area contributed by atoms with Crippen LogP contribution in [-0.2, 0) is 6.61 Å². The molecule has 0 unspecified atom stereocenters. The van der Waals surface area contributed by atoms with E-state index in [1.807, 2.05) is 30.3 Å². The Hall–Kier alpha value is -3.87. The number of carbonyl (C=O) groups is 1. The van der Waals surface area contributed by atoms with Crippen molar-refractivity contribution >= 4 is 11.5 Å². The Balaban J connectivity index is 1.67. The van der Waals surface area contributed by atoms with Gasteiger partial charge in [-0.1, -0.05) is 30.3 Å². The van der Waals surface area contributed by atoms with Crippen LogP contribution in [0.5, 0.6) is 17.2 Å².